The van der Waals surface area contributed by atoms with Gasteiger partial charge in [-0.25, -0.2) is 8.42 Å². The Morgan fingerprint density at radius 3 is 2.68 bits per heavy atom. The number of anilines is 1. The summed E-state index contributed by atoms with van der Waals surface area (Å²) in [6, 6.07) is 5.63. The lowest BCUT2D eigenvalue weighted by Crippen LogP contribution is -2.40. The lowest BCUT2D eigenvalue weighted by molar-refractivity contribution is 0.412. The Hall–Kier alpha value is -1.23. The van der Waals surface area contributed by atoms with E-state index in [4.69, 9.17) is 4.74 Å². The molecular weight excluding hydrogens is 262 g/mol. The van der Waals surface area contributed by atoms with Crippen molar-refractivity contribution in [2.24, 2.45) is 5.92 Å². The van der Waals surface area contributed by atoms with Gasteiger partial charge in [-0.05, 0) is 43.0 Å². The Bertz CT molecular complexity index is 554. The van der Waals surface area contributed by atoms with Crippen molar-refractivity contribution >= 4 is 15.7 Å². The number of rotatable bonds is 4. The van der Waals surface area contributed by atoms with Crippen molar-refractivity contribution in [3.8, 4) is 5.75 Å². The molecule has 19 heavy (non-hydrogen) atoms. The molecule has 1 aromatic carbocycles. The number of methoxy groups -OCH3 is 1. The van der Waals surface area contributed by atoms with E-state index in [-0.39, 0.29) is 5.75 Å². The lowest BCUT2D eigenvalue weighted by atomic mass is 9.92. The predicted molar refractivity (Wildman–Crippen MR) is 77.3 cm³/mol. The van der Waals surface area contributed by atoms with Crippen LogP contribution in [0.3, 0.4) is 0 Å². The fraction of sp³-hybridized carbons (Fsp3) is 0.571. The molecule has 0 aromatic heterocycles. The van der Waals surface area contributed by atoms with E-state index in [0.29, 0.717) is 12.5 Å². The molecule has 1 unspecified atom stereocenters. The Morgan fingerprint density at radius 1 is 1.37 bits per heavy atom. The monoisotopic (exact) mass is 283 g/mol. The van der Waals surface area contributed by atoms with Gasteiger partial charge in [0.05, 0.1) is 18.6 Å². The summed E-state index contributed by atoms with van der Waals surface area (Å²) in [5.41, 5.74) is 1.88. The summed E-state index contributed by atoms with van der Waals surface area (Å²) in [5.74, 6) is 1.29. The van der Waals surface area contributed by atoms with E-state index in [9.17, 15) is 8.42 Å². The van der Waals surface area contributed by atoms with Gasteiger partial charge < -0.3 is 4.74 Å². The molecule has 4 nitrogen and oxygen atoms in total. The maximum Gasteiger partial charge on any atom is 0.234 e. The molecule has 0 bridgehead atoms. The third-order valence-electron chi connectivity index (χ3n) is 3.77. The van der Waals surface area contributed by atoms with E-state index < -0.39 is 10.0 Å². The molecule has 0 amide bonds. The van der Waals surface area contributed by atoms with Crippen LogP contribution in [0.5, 0.6) is 5.75 Å². The molecule has 0 saturated carbocycles. The molecule has 0 N–H and O–H groups in total. The van der Waals surface area contributed by atoms with E-state index in [2.05, 4.69) is 6.92 Å². The van der Waals surface area contributed by atoms with Crippen LogP contribution in [0.4, 0.5) is 5.69 Å². The minimum atomic E-state index is -3.20. The molecule has 1 heterocycles. The normalized spacial score (nSPS) is 19.1. The molecular formula is C14H21NO3S. The summed E-state index contributed by atoms with van der Waals surface area (Å²) in [7, 11) is -1.58. The average Bonchev–Trinajstić information content (AvgIpc) is 2.45. The highest BCUT2D eigenvalue weighted by Crippen LogP contribution is 2.35. The maximum atomic E-state index is 12.2. The molecule has 1 aromatic rings. The van der Waals surface area contributed by atoms with E-state index in [1.54, 1.807) is 18.3 Å². The topological polar surface area (TPSA) is 46.6 Å². The van der Waals surface area contributed by atoms with Gasteiger partial charge in [-0.15, -0.1) is 0 Å². The van der Waals surface area contributed by atoms with Crippen molar-refractivity contribution in [2.75, 3.05) is 23.7 Å². The molecule has 0 aliphatic carbocycles. The van der Waals surface area contributed by atoms with Crippen LogP contribution in [0.25, 0.3) is 0 Å². The van der Waals surface area contributed by atoms with Crippen molar-refractivity contribution in [3.05, 3.63) is 23.8 Å². The fourth-order valence-electron chi connectivity index (χ4n) is 2.50. The van der Waals surface area contributed by atoms with Crippen molar-refractivity contribution in [1.29, 1.82) is 0 Å². The Morgan fingerprint density at radius 2 is 2.11 bits per heavy atom. The first-order valence-electron chi connectivity index (χ1n) is 6.69. The first-order valence-corrected chi connectivity index (χ1v) is 8.30. The van der Waals surface area contributed by atoms with Crippen LogP contribution < -0.4 is 9.04 Å². The molecule has 106 valence electrons. The quantitative estimate of drug-likeness (QED) is 0.852. The second-order valence-electron chi connectivity index (χ2n) is 4.90. The third-order valence-corrected chi connectivity index (χ3v) is 5.51. The fourth-order valence-corrected chi connectivity index (χ4v) is 3.72. The molecule has 1 atom stereocenters. The number of fused-ring (bicyclic) bond motifs is 1. The SMILES string of the molecule is CCC1Cc2cc(OC)ccc2N(S(=O)(=O)CC)C1. The molecule has 0 spiro atoms. The van der Waals surface area contributed by atoms with Gasteiger partial charge in [0.2, 0.25) is 10.0 Å². The number of sulfonamides is 1. The highest BCUT2D eigenvalue weighted by molar-refractivity contribution is 7.92. The summed E-state index contributed by atoms with van der Waals surface area (Å²) >= 11 is 0. The van der Waals surface area contributed by atoms with Gasteiger partial charge in [0.1, 0.15) is 5.75 Å². The largest absolute Gasteiger partial charge is 0.497 e. The van der Waals surface area contributed by atoms with Crippen LogP contribution >= 0.6 is 0 Å². The summed E-state index contributed by atoms with van der Waals surface area (Å²) in [4.78, 5) is 0. The number of hydrogen-bond donors (Lipinski definition) is 0. The minimum Gasteiger partial charge on any atom is -0.497 e. The van der Waals surface area contributed by atoms with Gasteiger partial charge in [0.25, 0.3) is 0 Å². The van der Waals surface area contributed by atoms with Gasteiger partial charge in [-0.3, -0.25) is 4.31 Å². The molecule has 0 fully saturated rings. The smallest absolute Gasteiger partial charge is 0.234 e. The first kappa shape index (κ1) is 14.2. The van der Waals surface area contributed by atoms with Crippen LogP contribution in [0, 0.1) is 5.92 Å². The highest BCUT2D eigenvalue weighted by atomic mass is 32.2. The molecule has 0 radical (unpaired) electrons. The second kappa shape index (κ2) is 5.41. The van der Waals surface area contributed by atoms with Crippen LogP contribution in [-0.2, 0) is 16.4 Å². The van der Waals surface area contributed by atoms with Crippen LogP contribution in [0.15, 0.2) is 18.2 Å². The number of hydrogen-bond acceptors (Lipinski definition) is 3. The van der Waals surface area contributed by atoms with Crippen molar-refractivity contribution < 1.29 is 13.2 Å². The lowest BCUT2D eigenvalue weighted by Gasteiger charge is -2.35. The highest BCUT2D eigenvalue weighted by Gasteiger charge is 2.30. The average molecular weight is 283 g/mol. The minimum absolute atomic E-state index is 0.134. The second-order valence-corrected chi connectivity index (χ2v) is 7.09. The van der Waals surface area contributed by atoms with Crippen molar-refractivity contribution in [2.45, 2.75) is 26.7 Å². The zero-order valence-electron chi connectivity index (χ0n) is 11.7. The molecule has 5 heteroatoms. The molecule has 2 rings (SSSR count). The molecule has 0 saturated heterocycles. The number of benzene rings is 1. The molecule has 1 aliphatic rings. The van der Waals surface area contributed by atoms with Crippen molar-refractivity contribution in [3.63, 3.8) is 0 Å². The Kier molecular flexibility index (Phi) is 4.04. The van der Waals surface area contributed by atoms with Gasteiger partial charge in [0, 0.05) is 6.54 Å². The molecule has 1 aliphatic heterocycles. The Balaban J connectivity index is 2.49. The van der Waals surface area contributed by atoms with E-state index in [0.717, 1.165) is 29.8 Å². The van der Waals surface area contributed by atoms with Gasteiger partial charge in [-0.1, -0.05) is 13.3 Å². The van der Waals surface area contributed by atoms with Crippen LogP contribution in [0.1, 0.15) is 25.8 Å². The van der Waals surface area contributed by atoms with E-state index in [1.807, 2.05) is 18.2 Å². The van der Waals surface area contributed by atoms with E-state index in [1.165, 1.54) is 0 Å². The maximum absolute atomic E-state index is 12.2. The first-order chi connectivity index (χ1) is 9.01. The summed E-state index contributed by atoms with van der Waals surface area (Å²) < 4.78 is 31.3. The summed E-state index contributed by atoms with van der Waals surface area (Å²) in [6.07, 6.45) is 1.89. The van der Waals surface area contributed by atoms with Gasteiger partial charge >= 0.3 is 0 Å². The summed E-state index contributed by atoms with van der Waals surface area (Å²) in [5, 5.41) is 0. The van der Waals surface area contributed by atoms with Crippen LogP contribution in [-0.4, -0.2) is 27.8 Å². The third kappa shape index (κ3) is 2.71. The number of ether oxygens (including phenoxy) is 1. The van der Waals surface area contributed by atoms with E-state index >= 15 is 0 Å². The van der Waals surface area contributed by atoms with Crippen molar-refractivity contribution in [1.82, 2.24) is 0 Å². The Labute approximate surface area is 115 Å². The zero-order chi connectivity index (χ0) is 14.0. The van der Waals surface area contributed by atoms with Crippen LogP contribution in [0.2, 0.25) is 0 Å². The van der Waals surface area contributed by atoms with Gasteiger partial charge in [0.15, 0.2) is 0 Å². The zero-order valence-corrected chi connectivity index (χ0v) is 12.5. The summed E-state index contributed by atoms with van der Waals surface area (Å²) in [6.45, 7) is 4.38. The predicted octanol–water partition coefficient (Wildman–Crippen LogP) is 2.43. The standard InChI is InChI=1S/C14H21NO3S/c1-4-11-8-12-9-13(18-3)6-7-14(12)15(10-11)19(16,17)5-2/h6-7,9,11H,4-5,8,10H2,1-3H3. The number of nitrogens with zero attached hydrogens (tertiary/aromatic N) is 1. The van der Waals surface area contributed by atoms with Gasteiger partial charge in [-0.2, -0.15) is 0 Å².